The van der Waals surface area contributed by atoms with Crippen molar-refractivity contribution in [3.05, 3.63) is 76.4 Å². The topological polar surface area (TPSA) is 17.1 Å². The Labute approximate surface area is 127 Å². The van der Waals surface area contributed by atoms with Crippen LogP contribution in [0, 0.1) is 13.8 Å². The van der Waals surface area contributed by atoms with Crippen molar-refractivity contribution in [3.8, 4) is 0 Å². The lowest BCUT2D eigenvalue weighted by Crippen LogP contribution is -1.95. The lowest BCUT2D eigenvalue weighted by molar-refractivity contribution is 0.104. The van der Waals surface area contributed by atoms with E-state index in [0.717, 1.165) is 16.7 Å². The van der Waals surface area contributed by atoms with E-state index in [1.165, 1.54) is 11.1 Å². The first kappa shape index (κ1) is 15.2. The predicted octanol–water partition coefficient (Wildman–Crippen LogP) is 5.32. The van der Waals surface area contributed by atoms with E-state index in [1.807, 2.05) is 31.2 Å². The Kier molecular flexibility index (Phi) is 4.74. The van der Waals surface area contributed by atoms with Crippen molar-refractivity contribution in [1.82, 2.24) is 0 Å². The van der Waals surface area contributed by atoms with E-state index >= 15 is 0 Å². The molecule has 0 spiro atoms. The van der Waals surface area contributed by atoms with Crippen LogP contribution in [-0.4, -0.2) is 5.78 Å². The summed E-state index contributed by atoms with van der Waals surface area (Å²) in [6.45, 7) is 8.43. The van der Waals surface area contributed by atoms with Gasteiger partial charge in [0.05, 0.1) is 0 Å². The minimum Gasteiger partial charge on any atom is -0.289 e. The predicted molar refractivity (Wildman–Crippen MR) is 89.8 cm³/mol. The molecule has 0 N–H and O–H groups in total. The van der Waals surface area contributed by atoms with Crippen LogP contribution in [-0.2, 0) is 0 Å². The smallest absolute Gasteiger partial charge is 0.185 e. The summed E-state index contributed by atoms with van der Waals surface area (Å²) in [5.41, 5.74) is 5.47. The number of ketones is 1. The maximum Gasteiger partial charge on any atom is 0.185 e. The first-order valence-corrected chi connectivity index (χ1v) is 7.37. The maximum atomic E-state index is 12.2. The molecule has 2 aromatic carbocycles. The second kappa shape index (κ2) is 6.53. The van der Waals surface area contributed by atoms with Gasteiger partial charge in [-0.15, -0.1) is 0 Å². The van der Waals surface area contributed by atoms with Crippen molar-refractivity contribution >= 4 is 11.9 Å². The van der Waals surface area contributed by atoms with Gasteiger partial charge in [-0.05, 0) is 54.2 Å². The van der Waals surface area contributed by atoms with Crippen LogP contribution in [0.25, 0.3) is 6.08 Å². The van der Waals surface area contributed by atoms with Gasteiger partial charge in [-0.3, -0.25) is 4.79 Å². The minimum absolute atomic E-state index is 0.0473. The number of hydrogen-bond donors (Lipinski definition) is 0. The normalized spacial score (nSPS) is 11.3. The summed E-state index contributed by atoms with van der Waals surface area (Å²) < 4.78 is 0. The van der Waals surface area contributed by atoms with E-state index < -0.39 is 0 Å². The molecule has 0 saturated heterocycles. The molecule has 108 valence electrons. The van der Waals surface area contributed by atoms with Crippen LogP contribution in [0.1, 0.15) is 52.4 Å². The average molecular weight is 278 g/mol. The van der Waals surface area contributed by atoms with Gasteiger partial charge in [0.15, 0.2) is 5.78 Å². The van der Waals surface area contributed by atoms with Crippen molar-refractivity contribution in [3.63, 3.8) is 0 Å². The van der Waals surface area contributed by atoms with Gasteiger partial charge in [-0.25, -0.2) is 0 Å². The fraction of sp³-hybridized carbons (Fsp3) is 0.250. The molecule has 0 radical (unpaired) electrons. The van der Waals surface area contributed by atoms with Crippen molar-refractivity contribution < 1.29 is 4.79 Å². The zero-order valence-corrected chi connectivity index (χ0v) is 13.2. The monoisotopic (exact) mass is 278 g/mol. The molecule has 0 unspecified atom stereocenters. The van der Waals surface area contributed by atoms with E-state index in [-0.39, 0.29) is 5.78 Å². The average Bonchev–Trinajstić information content (AvgIpc) is 2.48. The summed E-state index contributed by atoms with van der Waals surface area (Å²) in [7, 11) is 0. The third-order valence-electron chi connectivity index (χ3n) is 3.82. The molecule has 0 saturated carbocycles. The van der Waals surface area contributed by atoms with Gasteiger partial charge in [-0.1, -0.05) is 56.3 Å². The second-order valence-electron chi connectivity index (χ2n) is 5.82. The molecule has 21 heavy (non-hydrogen) atoms. The summed E-state index contributed by atoms with van der Waals surface area (Å²) in [5.74, 6) is 0.575. The SMILES string of the molecule is Cc1ccc(C(=O)C=Cc2ccc(C(C)C)cc2)cc1C. The Hall–Kier alpha value is -2.15. The molecule has 0 atom stereocenters. The zero-order valence-electron chi connectivity index (χ0n) is 13.2. The maximum absolute atomic E-state index is 12.2. The van der Waals surface area contributed by atoms with Crippen LogP contribution in [0.5, 0.6) is 0 Å². The van der Waals surface area contributed by atoms with Crippen molar-refractivity contribution in [1.29, 1.82) is 0 Å². The fourth-order valence-electron chi connectivity index (χ4n) is 2.15. The summed E-state index contributed by atoms with van der Waals surface area (Å²) in [6.07, 6.45) is 3.52. The third-order valence-corrected chi connectivity index (χ3v) is 3.82. The molecule has 1 nitrogen and oxygen atoms in total. The minimum atomic E-state index is 0.0473. The molecular weight excluding hydrogens is 256 g/mol. The number of carbonyl (C=O) groups is 1. The van der Waals surface area contributed by atoms with Crippen molar-refractivity contribution in [2.45, 2.75) is 33.6 Å². The number of aryl methyl sites for hydroxylation is 2. The van der Waals surface area contributed by atoms with Gasteiger partial charge in [0.2, 0.25) is 0 Å². The van der Waals surface area contributed by atoms with Crippen LogP contribution < -0.4 is 0 Å². The molecule has 0 aliphatic carbocycles. The Morgan fingerprint density at radius 3 is 2.19 bits per heavy atom. The fourth-order valence-corrected chi connectivity index (χ4v) is 2.15. The largest absolute Gasteiger partial charge is 0.289 e. The molecule has 2 aromatic rings. The van der Waals surface area contributed by atoms with E-state index in [4.69, 9.17) is 0 Å². The molecule has 0 fully saturated rings. The van der Waals surface area contributed by atoms with E-state index in [0.29, 0.717) is 5.92 Å². The second-order valence-corrected chi connectivity index (χ2v) is 5.82. The first-order valence-electron chi connectivity index (χ1n) is 7.37. The van der Waals surface area contributed by atoms with Gasteiger partial charge in [0.1, 0.15) is 0 Å². The first-order chi connectivity index (χ1) is 9.97. The Bertz CT molecular complexity index is 661. The summed E-state index contributed by atoms with van der Waals surface area (Å²) in [5, 5.41) is 0. The molecule has 0 amide bonds. The highest BCUT2D eigenvalue weighted by Crippen LogP contribution is 2.16. The lowest BCUT2D eigenvalue weighted by Gasteiger charge is -2.04. The highest BCUT2D eigenvalue weighted by molar-refractivity contribution is 6.06. The number of hydrogen-bond acceptors (Lipinski definition) is 1. The van der Waals surface area contributed by atoms with Gasteiger partial charge < -0.3 is 0 Å². The van der Waals surface area contributed by atoms with Crippen LogP contribution >= 0.6 is 0 Å². The Morgan fingerprint density at radius 1 is 0.952 bits per heavy atom. The van der Waals surface area contributed by atoms with E-state index in [2.05, 4.69) is 45.0 Å². The van der Waals surface area contributed by atoms with Gasteiger partial charge in [0, 0.05) is 5.56 Å². The van der Waals surface area contributed by atoms with Crippen LogP contribution in [0.15, 0.2) is 48.5 Å². The number of allylic oxidation sites excluding steroid dienone is 1. The van der Waals surface area contributed by atoms with Gasteiger partial charge >= 0.3 is 0 Å². The summed E-state index contributed by atoms with van der Waals surface area (Å²) in [4.78, 5) is 12.2. The zero-order chi connectivity index (χ0) is 15.4. The highest BCUT2D eigenvalue weighted by Gasteiger charge is 2.03. The standard InChI is InChI=1S/C20H22O/c1-14(2)18-10-6-17(7-11-18)8-12-20(21)19-9-5-15(3)16(4)13-19/h5-14H,1-4H3. The number of benzene rings is 2. The molecule has 2 rings (SSSR count). The highest BCUT2D eigenvalue weighted by atomic mass is 16.1. The molecule has 0 aliphatic heterocycles. The van der Waals surface area contributed by atoms with Crippen LogP contribution in [0.3, 0.4) is 0 Å². The van der Waals surface area contributed by atoms with Gasteiger partial charge in [-0.2, -0.15) is 0 Å². The quantitative estimate of drug-likeness (QED) is 0.546. The molecule has 0 aliphatic rings. The summed E-state index contributed by atoms with van der Waals surface area (Å²) >= 11 is 0. The molecule has 0 aromatic heterocycles. The Morgan fingerprint density at radius 2 is 1.62 bits per heavy atom. The van der Waals surface area contributed by atoms with Gasteiger partial charge in [0.25, 0.3) is 0 Å². The molecule has 0 bridgehead atoms. The molecule has 1 heteroatoms. The van der Waals surface area contributed by atoms with Crippen molar-refractivity contribution in [2.24, 2.45) is 0 Å². The lowest BCUT2D eigenvalue weighted by atomic mass is 10.0. The van der Waals surface area contributed by atoms with Crippen LogP contribution in [0.2, 0.25) is 0 Å². The summed E-state index contributed by atoms with van der Waals surface area (Å²) in [6, 6.07) is 14.2. The number of carbonyl (C=O) groups excluding carboxylic acids is 1. The molecular formula is C20H22O. The third kappa shape index (κ3) is 3.91. The van der Waals surface area contributed by atoms with Crippen molar-refractivity contribution in [2.75, 3.05) is 0 Å². The molecule has 0 heterocycles. The van der Waals surface area contributed by atoms with E-state index in [1.54, 1.807) is 6.08 Å². The van der Waals surface area contributed by atoms with E-state index in [9.17, 15) is 4.79 Å². The van der Waals surface area contributed by atoms with Crippen LogP contribution in [0.4, 0.5) is 0 Å². The Balaban J connectivity index is 2.12. The number of rotatable bonds is 4.